The van der Waals surface area contributed by atoms with Crippen molar-refractivity contribution in [2.45, 2.75) is 103 Å². The molecule has 0 aliphatic heterocycles. The van der Waals surface area contributed by atoms with Gasteiger partial charge in [0.1, 0.15) is 0 Å². The third-order valence-electron chi connectivity index (χ3n) is 9.82. The Hall–Kier alpha value is 1.10. The summed E-state index contributed by atoms with van der Waals surface area (Å²) in [5, 5.41) is 0. The molecule has 151 valence electrons. The minimum Gasteiger partial charge on any atom is -0.325 e. The molecule has 8 atom stereocenters. The fourth-order valence-electron chi connectivity index (χ4n) is 8.64. The van der Waals surface area contributed by atoms with Gasteiger partial charge in [0.15, 0.2) is 0 Å². The fraction of sp³-hybridized carbons (Fsp3) is 0.923. The fourth-order valence-corrected chi connectivity index (χ4v) is 8.64. The number of rotatable bonds is 0. The van der Waals surface area contributed by atoms with E-state index in [2.05, 4.69) is 12.8 Å². The van der Waals surface area contributed by atoms with Crippen molar-refractivity contribution in [3.05, 3.63) is 12.8 Å². The maximum atomic E-state index is 2.63. The molecule has 0 aromatic rings. The van der Waals surface area contributed by atoms with Gasteiger partial charge in [-0.25, -0.2) is 0 Å². The molecule has 6 saturated carbocycles. The SMILES string of the molecule is [CH-]1CCC2C1CCC1CCCCC12.[CH-]1CCC2C1CCC1CCCCC12.[Y]. The van der Waals surface area contributed by atoms with E-state index in [1.165, 1.54) is 64.2 Å². The molecular weight excluding hydrogens is 401 g/mol. The molecule has 0 aromatic heterocycles. The molecule has 0 heterocycles. The first-order valence-electron chi connectivity index (χ1n) is 12.6. The molecule has 0 N–H and O–H groups in total. The molecule has 6 fully saturated rings. The van der Waals surface area contributed by atoms with Crippen LogP contribution >= 0.6 is 0 Å². The van der Waals surface area contributed by atoms with Crippen molar-refractivity contribution in [2.24, 2.45) is 47.3 Å². The van der Waals surface area contributed by atoms with Crippen molar-refractivity contribution in [2.75, 3.05) is 0 Å². The van der Waals surface area contributed by atoms with E-state index in [9.17, 15) is 0 Å². The maximum absolute atomic E-state index is 2.63. The number of hydrogen-bond donors (Lipinski definition) is 0. The van der Waals surface area contributed by atoms with Gasteiger partial charge in [0.25, 0.3) is 0 Å². The van der Waals surface area contributed by atoms with Gasteiger partial charge in [-0.05, 0) is 23.7 Å². The summed E-state index contributed by atoms with van der Waals surface area (Å²) in [4.78, 5) is 0. The monoisotopic (exact) mass is 443 g/mol. The largest absolute Gasteiger partial charge is 0.325 e. The molecule has 27 heavy (non-hydrogen) atoms. The van der Waals surface area contributed by atoms with E-state index in [-0.39, 0.29) is 32.7 Å². The summed E-state index contributed by atoms with van der Waals surface area (Å²) in [6, 6.07) is 0. The van der Waals surface area contributed by atoms with Crippen LogP contribution in [-0.4, -0.2) is 0 Å². The van der Waals surface area contributed by atoms with Crippen LogP contribution in [0, 0.1) is 60.2 Å². The van der Waals surface area contributed by atoms with Crippen LogP contribution in [0.3, 0.4) is 0 Å². The third-order valence-corrected chi connectivity index (χ3v) is 9.82. The van der Waals surface area contributed by atoms with Gasteiger partial charge < -0.3 is 12.8 Å². The molecule has 1 radical (unpaired) electrons. The molecule has 8 unspecified atom stereocenters. The second-order valence-electron chi connectivity index (χ2n) is 10.9. The molecule has 0 spiro atoms. The second-order valence-corrected chi connectivity index (χ2v) is 10.9. The normalized spacial score (nSPS) is 48.0. The molecule has 6 aliphatic rings. The van der Waals surface area contributed by atoms with E-state index in [1.54, 1.807) is 38.5 Å². The van der Waals surface area contributed by atoms with E-state index in [1.807, 2.05) is 0 Å². The van der Waals surface area contributed by atoms with Crippen molar-refractivity contribution >= 4 is 0 Å². The Labute approximate surface area is 194 Å². The predicted octanol–water partition coefficient (Wildman–Crippen LogP) is 7.63. The number of hydrogen-bond acceptors (Lipinski definition) is 0. The standard InChI is InChI=1S/2C13H21.Y/c2*1-2-6-12-10(4-1)8-9-11-5-3-7-13(11)12;/h2*5,10-13H,1-4,6-9H2;/q2*-1;. The molecule has 0 aromatic carbocycles. The molecule has 1 heteroatoms. The summed E-state index contributed by atoms with van der Waals surface area (Å²) in [6.45, 7) is 0. The molecular formula is C26H42Y-2. The average molecular weight is 444 g/mol. The van der Waals surface area contributed by atoms with Gasteiger partial charge in [0.2, 0.25) is 0 Å². The van der Waals surface area contributed by atoms with Crippen molar-refractivity contribution in [1.82, 2.24) is 0 Å². The quantitative estimate of drug-likeness (QED) is 0.338. The first-order chi connectivity index (χ1) is 12.9. The van der Waals surface area contributed by atoms with Crippen LogP contribution in [0.4, 0.5) is 0 Å². The van der Waals surface area contributed by atoms with Gasteiger partial charge in [-0.1, -0.05) is 102 Å². The van der Waals surface area contributed by atoms with Crippen LogP contribution in [0.1, 0.15) is 103 Å². The van der Waals surface area contributed by atoms with Crippen LogP contribution in [0.2, 0.25) is 0 Å². The summed E-state index contributed by atoms with van der Waals surface area (Å²) in [5.41, 5.74) is 0. The Morgan fingerprint density at radius 2 is 0.852 bits per heavy atom. The zero-order valence-electron chi connectivity index (χ0n) is 17.7. The summed E-state index contributed by atoms with van der Waals surface area (Å²) in [6.07, 6.45) is 29.8. The predicted molar refractivity (Wildman–Crippen MR) is 110 cm³/mol. The summed E-state index contributed by atoms with van der Waals surface area (Å²) < 4.78 is 0. The van der Waals surface area contributed by atoms with Crippen molar-refractivity contribution in [3.63, 3.8) is 0 Å². The van der Waals surface area contributed by atoms with Crippen LogP contribution in [-0.2, 0) is 32.7 Å². The third kappa shape index (κ3) is 4.57. The summed E-state index contributed by atoms with van der Waals surface area (Å²) in [7, 11) is 0. The van der Waals surface area contributed by atoms with E-state index in [0.29, 0.717) is 0 Å². The minimum atomic E-state index is 0. The Morgan fingerprint density at radius 3 is 1.33 bits per heavy atom. The van der Waals surface area contributed by atoms with Gasteiger partial charge >= 0.3 is 0 Å². The van der Waals surface area contributed by atoms with Crippen molar-refractivity contribution in [3.8, 4) is 0 Å². The Balaban J connectivity index is 0.000000129. The van der Waals surface area contributed by atoms with Gasteiger partial charge in [-0.3, -0.25) is 0 Å². The zero-order chi connectivity index (χ0) is 17.3. The van der Waals surface area contributed by atoms with E-state index in [0.717, 1.165) is 47.3 Å². The van der Waals surface area contributed by atoms with Crippen LogP contribution in [0.25, 0.3) is 0 Å². The molecule has 0 bridgehead atoms. The zero-order valence-corrected chi connectivity index (χ0v) is 20.5. The first kappa shape index (κ1) is 21.3. The van der Waals surface area contributed by atoms with Gasteiger partial charge in [-0.15, -0.1) is 0 Å². The van der Waals surface area contributed by atoms with Gasteiger partial charge in [0.05, 0.1) is 0 Å². The van der Waals surface area contributed by atoms with E-state index in [4.69, 9.17) is 0 Å². The topological polar surface area (TPSA) is 0 Å². The Morgan fingerprint density at radius 1 is 0.407 bits per heavy atom. The van der Waals surface area contributed by atoms with Gasteiger partial charge in [-0.2, -0.15) is 24.7 Å². The van der Waals surface area contributed by atoms with E-state index >= 15 is 0 Å². The Kier molecular flexibility index (Phi) is 7.86. The first-order valence-corrected chi connectivity index (χ1v) is 12.6. The molecule has 0 amide bonds. The number of fused-ring (bicyclic) bond motifs is 6. The van der Waals surface area contributed by atoms with Crippen molar-refractivity contribution in [1.29, 1.82) is 0 Å². The Bertz CT molecular complexity index is 417. The minimum absolute atomic E-state index is 0. The second kappa shape index (κ2) is 9.94. The average Bonchev–Trinajstić information content (AvgIpc) is 3.38. The van der Waals surface area contributed by atoms with Crippen LogP contribution < -0.4 is 0 Å². The van der Waals surface area contributed by atoms with Crippen LogP contribution in [0.5, 0.6) is 0 Å². The van der Waals surface area contributed by atoms with Gasteiger partial charge in [0, 0.05) is 32.7 Å². The smallest absolute Gasteiger partial charge is 0 e. The molecule has 6 rings (SSSR count). The van der Waals surface area contributed by atoms with E-state index < -0.39 is 0 Å². The molecule has 6 aliphatic carbocycles. The van der Waals surface area contributed by atoms with Crippen molar-refractivity contribution < 1.29 is 32.7 Å². The summed E-state index contributed by atoms with van der Waals surface area (Å²) in [5.74, 6) is 8.90. The molecule has 0 nitrogen and oxygen atoms in total. The summed E-state index contributed by atoms with van der Waals surface area (Å²) >= 11 is 0. The maximum Gasteiger partial charge on any atom is 0 e. The van der Waals surface area contributed by atoms with Crippen LogP contribution in [0.15, 0.2) is 0 Å². The molecule has 0 saturated heterocycles.